The second-order valence-electron chi connectivity index (χ2n) is 3.53. The number of aryl methyl sites for hydroxylation is 1. The van der Waals surface area contributed by atoms with E-state index in [-0.39, 0.29) is 5.91 Å². The summed E-state index contributed by atoms with van der Waals surface area (Å²) in [5.41, 5.74) is 1.72. The summed E-state index contributed by atoms with van der Waals surface area (Å²) in [6.07, 6.45) is 0.912. The van der Waals surface area contributed by atoms with Crippen LogP contribution in [0.25, 0.3) is 0 Å². The Morgan fingerprint density at radius 1 is 1.53 bits per heavy atom. The zero-order valence-corrected chi connectivity index (χ0v) is 10.1. The summed E-state index contributed by atoms with van der Waals surface area (Å²) < 4.78 is 0.852. The topological polar surface area (TPSA) is 29.5 Å². The molecule has 3 nitrogen and oxygen atoms in total. The molecule has 1 amide bonds. The van der Waals surface area contributed by atoms with Gasteiger partial charge in [-0.3, -0.25) is 9.63 Å². The van der Waals surface area contributed by atoms with E-state index in [1.165, 1.54) is 5.06 Å². The maximum Gasteiger partial charge on any atom is 0.278 e. The summed E-state index contributed by atoms with van der Waals surface area (Å²) in [4.78, 5) is 17.2. The molecule has 15 heavy (non-hydrogen) atoms. The number of rotatable bonds is 1. The highest BCUT2D eigenvalue weighted by molar-refractivity contribution is 9.10. The summed E-state index contributed by atoms with van der Waals surface area (Å²) in [7, 11) is 0. The van der Waals surface area contributed by atoms with Gasteiger partial charge in [0, 0.05) is 4.47 Å². The molecule has 1 aliphatic heterocycles. The van der Waals surface area contributed by atoms with E-state index in [0.29, 0.717) is 18.7 Å². The number of amides is 1. The molecule has 0 radical (unpaired) electrons. The van der Waals surface area contributed by atoms with Crippen LogP contribution in [0.3, 0.4) is 0 Å². The minimum atomic E-state index is -0.0666. The van der Waals surface area contributed by atoms with Gasteiger partial charge in [-0.25, -0.2) is 5.06 Å². The van der Waals surface area contributed by atoms with Crippen LogP contribution in [0.2, 0.25) is 0 Å². The molecule has 0 N–H and O–H groups in total. The summed E-state index contributed by atoms with van der Waals surface area (Å²) >= 11 is 3.42. The first-order valence-electron chi connectivity index (χ1n) is 4.90. The van der Waals surface area contributed by atoms with Gasteiger partial charge in [-0.05, 0) is 40.9 Å². The van der Waals surface area contributed by atoms with Crippen LogP contribution < -0.4 is 0 Å². The van der Waals surface area contributed by atoms with Gasteiger partial charge in [-0.2, -0.15) is 0 Å². The second-order valence-corrected chi connectivity index (χ2v) is 4.32. The number of hydroxylamine groups is 2. The summed E-state index contributed by atoms with van der Waals surface area (Å²) in [5.74, 6) is -0.0666. The van der Waals surface area contributed by atoms with Crippen LogP contribution in [-0.2, 0) is 4.84 Å². The van der Waals surface area contributed by atoms with Gasteiger partial charge in [0.25, 0.3) is 5.91 Å². The lowest BCUT2D eigenvalue weighted by Gasteiger charge is -2.15. The lowest BCUT2D eigenvalue weighted by molar-refractivity contribution is -0.0769. The second kappa shape index (κ2) is 4.33. The predicted molar refractivity (Wildman–Crippen MR) is 60.5 cm³/mol. The molecular formula is C11H12BrNO2. The molecule has 0 bridgehead atoms. The molecule has 1 aromatic rings. The molecule has 0 atom stereocenters. The fourth-order valence-corrected chi connectivity index (χ4v) is 1.99. The molecule has 0 spiro atoms. The van der Waals surface area contributed by atoms with Gasteiger partial charge in [0.1, 0.15) is 0 Å². The third-order valence-electron chi connectivity index (χ3n) is 2.40. The van der Waals surface area contributed by atoms with Gasteiger partial charge in [0.15, 0.2) is 0 Å². The van der Waals surface area contributed by atoms with Gasteiger partial charge in [0.05, 0.1) is 18.7 Å². The van der Waals surface area contributed by atoms with E-state index in [1.54, 1.807) is 6.07 Å². The average Bonchev–Trinajstić information content (AvgIpc) is 2.74. The number of carbonyl (C=O) groups excluding carboxylic acids is 1. The third-order valence-corrected chi connectivity index (χ3v) is 3.45. The largest absolute Gasteiger partial charge is 0.278 e. The Bertz CT molecular complexity index is 386. The van der Waals surface area contributed by atoms with E-state index < -0.39 is 0 Å². The van der Waals surface area contributed by atoms with Crippen molar-refractivity contribution in [3.8, 4) is 0 Å². The van der Waals surface area contributed by atoms with E-state index in [9.17, 15) is 4.79 Å². The van der Waals surface area contributed by atoms with E-state index in [0.717, 1.165) is 16.5 Å². The minimum absolute atomic E-state index is 0.0666. The molecule has 4 heteroatoms. The van der Waals surface area contributed by atoms with Crippen LogP contribution in [0.5, 0.6) is 0 Å². The fourth-order valence-electron chi connectivity index (χ4n) is 1.55. The quantitative estimate of drug-likeness (QED) is 0.784. The van der Waals surface area contributed by atoms with Gasteiger partial charge >= 0.3 is 0 Å². The van der Waals surface area contributed by atoms with Gasteiger partial charge in [-0.1, -0.05) is 12.1 Å². The number of nitrogens with zero attached hydrogens (tertiary/aromatic N) is 1. The molecule has 0 saturated carbocycles. The normalized spacial score (nSPS) is 15.7. The molecule has 1 aromatic carbocycles. The van der Waals surface area contributed by atoms with Gasteiger partial charge < -0.3 is 0 Å². The number of carbonyl (C=O) groups is 1. The Labute approximate surface area is 97.1 Å². The SMILES string of the molecule is Cc1cccc(C(=O)N2CCCO2)c1Br. The molecule has 0 unspecified atom stereocenters. The Balaban J connectivity index is 2.28. The Morgan fingerprint density at radius 3 is 3.00 bits per heavy atom. The van der Waals surface area contributed by atoms with Crippen LogP contribution in [0.15, 0.2) is 22.7 Å². The zero-order chi connectivity index (χ0) is 10.8. The van der Waals surface area contributed by atoms with E-state index in [4.69, 9.17) is 4.84 Å². The molecule has 0 aromatic heterocycles. The van der Waals surface area contributed by atoms with Crippen molar-refractivity contribution in [3.63, 3.8) is 0 Å². The summed E-state index contributed by atoms with van der Waals surface area (Å²) in [6, 6.07) is 5.65. The standard InChI is InChI=1S/C11H12BrNO2/c1-8-4-2-5-9(10(8)12)11(14)13-6-3-7-15-13/h2,4-5H,3,6-7H2,1H3. The van der Waals surface area contributed by atoms with Gasteiger partial charge in [0.2, 0.25) is 0 Å². The zero-order valence-electron chi connectivity index (χ0n) is 8.50. The Kier molecular flexibility index (Phi) is 3.07. The first-order chi connectivity index (χ1) is 7.20. The average molecular weight is 270 g/mol. The van der Waals surface area contributed by atoms with Crippen molar-refractivity contribution < 1.29 is 9.63 Å². The third kappa shape index (κ3) is 2.06. The molecule has 0 aliphatic carbocycles. The van der Waals surface area contributed by atoms with Crippen molar-refractivity contribution in [1.82, 2.24) is 5.06 Å². The van der Waals surface area contributed by atoms with E-state index >= 15 is 0 Å². The number of hydrogen-bond acceptors (Lipinski definition) is 2. The number of benzene rings is 1. The van der Waals surface area contributed by atoms with Crippen LogP contribution in [0.1, 0.15) is 22.3 Å². The molecule has 1 aliphatic rings. The molecular weight excluding hydrogens is 258 g/mol. The predicted octanol–water partition coefficient (Wildman–Crippen LogP) is 2.54. The van der Waals surface area contributed by atoms with Crippen molar-refractivity contribution in [2.24, 2.45) is 0 Å². The van der Waals surface area contributed by atoms with Crippen molar-refractivity contribution >= 4 is 21.8 Å². The van der Waals surface area contributed by atoms with Crippen LogP contribution in [-0.4, -0.2) is 24.1 Å². The van der Waals surface area contributed by atoms with Crippen molar-refractivity contribution in [1.29, 1.82) is 0 Å². The fraction of sp³-hybridized carbons (Fsp3) is 0.364. The maximum atomic E-state index is 12.0. The molecule has 1 saturated heterocycles. The first-order valence-corrected chi connectivity index (χ1v) is 5.69. The van der Waals surface area contributed by atoms with Crippen LogP contribution in [0, 0.1) is 6.92 Å². The summed E-state index contributed by atoms with van der Waals surface area (Å²) in [6.45, 7) is 3.28. The molecule has 80 valence electrons. The highest BCUT2D eigenvalue weighted by Gasteiger charge is 2.22. The molecule has 2 rings (SSSR count). The Hall–Kier alpha value is -0.870. The Morgan fingerprint density at radius 2 is 2.33 bits per heavy atom. The highest BCUT2D eigenvalue weighted by Crippen LogP contribution is 2.23. The lowest BCUT2D eigenvalue weighted by atomic mass is 10.1. The maximum absolute atomic E-state index is 12.0. The van der Waals surface area contributed by atoms with E-state index in [1.807, 2.05) is 19.1 Å². The monoisotopic (exact) mass is 269 g/mol. The lowest BCUT2D eigenvalue weighted by Crippen LogP contribution is -2.26. The van der Waals surface area contributed by atoms with Crippen molar-refractivity contribution in [3.05, 3.63) is 33.8 Å². The number of hydrogen-bond donors (Lipinski definition) is 0. The number of halogens is 1. The van der Waals surface area contributed by atoms with Crippen LogP contribution >= 0.6 is 15.9 Å². The molecule has 1 heterocycles. The smallest absolute Gasteiger partial charge is 0.271 e. The first kappa shape index (κ1) is 10.6. The van der Waals surface area contributed by atoms with Crippen LogP contribution in [0.4, 0.5) is 0 Å². The van der Waals surface area contributed by atoms with E-state index in [2.05, 4.69) is 15.9 Å². The summed E-state index contributed by atoms with van der Waals surface area (Å²) in [5, 5.41) is 1.43. The van der Waals surface area contributed by atoms with Crippen molar-refractivity contribution in [2.75, 3.05) is 13.2 Å². The van der Waals surface area contributed by atoms with Gasteiger partial charge in [-0.15, -0.1) is 0 Å². The minimum Gasteiger partial charge on any atom is -0.271 e. The molecule has 1 fully saturated rings. The van der Waals surface area contributed by atoms with Crippen molar-refractivity contribution in [2.45, 2.75) is 13.3 Å². The highest BCUT2D eigenvalue weighted by atomic mass is 79.9.